The maximum Gasteiger partial charge on any atom is 0.189 e. The first-order valence-corrected chi connectivity index (χ1v) is 6.96. The summed E-state index contributed by atoms with van der Waals surface area (Å²) in [5.41, 5.74) is 2.65. The molecule has 2 heterocycles. The van der Waals surface area contributed by atoms with Crippen molar-refractivity contribution in [3.05, 3.63) is 53.4 Å². The lowest BCUT2D eigenvalue weighted by Crippen LogP contribution is -2.24. The second-order valence-corrected chi connectivity index (χ2v) is 6.01. The summed E-state index contributed by atoms with van der Waals surface area (Å²) in [7, 11) is 1.79. The van der Waals surface area contributed by atoms with Crippen LogP contribution in [0.4, 0.5) is 0 Å². The smallest absolute Gasteiger partial charge is 0.189 e. The summed E-state index contributed by atoms with van der Waals surface area (Å²) in [6.07, 6.45) is 7.60. The molecule has 0 N–H and O–H groups in total. The van der Waals surface area contributed by atoms with E-state index >= 15 is 0 Å². The average Bonchev–Trinajstić information content (AvgIpc) is 2.97. The molecule has 0 fully saturated rings. The number of fused-ring (bicyclic) bond motifs is 1. The molecule has 4 nitrogen and oxygen atoms in total. The first kappa shape index (κ1) is 13.6. The summed E-state index contributed by atoms with van der Waals surface area (Å²) in [4.78, 5) is 12.0. The van der Waals surface area contributed by atoms with Gasteiger partial charge in [-0.2, -0.15) is 5.10 Å². The summed E-state index contributed by atoms with van der Waals surface area (Å²) in [6.45, 7) is 4.16. The van der Waals surface area contributed by atoms with Crippen LogP contribution >= 0.6 is 0 Å². The Morgan fingerprint density at radius 2 is 2.24 bits per heavy atom. The number of aryl methyl sites for hydroxylation is 1. The van der Waals surface area contributed by atoms with Gasteiger partial charge in [0.2, 0.25) is 0 Å². The Morgan fingerprint density at radius 1 is 1.43 bits per heavy atom. The molecule has 0 bridgehead atoms. The van der Waals surface area contributed by atoms with Crippen LogP contribution in [0, 0.1) is 0 Å². The first-order chi connectivity index (χ1) is 9.93. The number of allylic oxidation sites excluding steroid dienone is 1. The molecule has 21 heavy (non-hydrogen) atoms. The molecule has 1 aromatic carbocycles. The monoisotopic (exact) mass is 282 g/mol. The maximum atomic E-state index is 12.0. The van der Waals surface area contributed by atoms with Crippen LogP contribution in [0.15, 0.2) is 36.7 Å². The fraction of sp³-hybridized carbons (Fsp3) is 0.294. The van der Waals surface area contributed by atoms with Crippen molar-refractivity contribution in [1.29, 1.82) is 0 Å². The van der Waals surface area contributed by atoms with Gasteiger partial charge >= 0.3 is 0 Å². The SMILES string of the molecule is Cn1cc(C(=O)C=Cc2ccc3c(c2)CC(C)(C)O3)cn1. The summed E-state index contributed by atoms with van der Waals surface area (Å²) >= 11 is 0. The van der Waals surface area contributed by atoms with Crippen LogP contribution in [-0.2, 0) is 13.5 Å². The molecular formula is C17H18N2O2. The van der Waals surface area contributed by atoms with Gasteiger partial charge in [-0.25, -0.2) is 0 Å². The molecule has 0 amide bonds. The lowest BCUT2D eigenvalue weighted by molar-refractivity contribution is 0.104. The molecule has 3 rings (SSSR count). The second-order valence-electron chi connectivity index (χ2n) is 6.01. The van der Waals surface area contributed by atoms with E-state index in [1.807, 2.05) is 18.2 Å². The largest absolute Gasteiger partial charge is 0.487 e. The molecule has 2 aromatic rings. The van der Waals surface area contributed by atoms with Gasteiger partial charge in [0.25, 0.3) is 0 Å². The van der Waals surface area contributed by atoms with E-state index in [-0.39, 0.29) is 11.4 Å². The zero-order chi connectivity index (χ0) is 15.0. The van der Waals surface area contributed by atoms with E-state index < -0.39 is 0 Å². The van der Waals surface area contributed by atoms with E-state index in [9.17, 15) is 4.79 Å². The van der Waals surface area contributed by atoms with E-state index in [0.717, 1.165) is 17.7 Å². The van der Waals surface area contributed by atoms with Crippen molar-refractivity contribution in [3.63, 3.8) is 0 Å². The van der Waals surface area contributed by atoms with Crippen molar-refractivity contribution in [2.24, 2.45) is 7.05 Å². The van der Waals surface area contributed by atoms with Crippen LogP contribution in [0.25, 0.3) is 6.08 Å². The Morgan fingerprint density at radius 3 is 2.95 bits per heavy atom. The lowest BCUT2D eigenvalue weighted by Gasteiger charge is -2.16. The molecule has 108 valence electrons. The van der Waals surface area contributed by atoms with Gasteiger partial charge in [-0.15, -0.1) is 0 Å². The van der Waals surface area contributed by atoms with Gasteiger partial charge in [-0.05, 0) is 43.2 Å². The minimum absolute atomic E-state index is 0.0415. The van der Waals surface area contributed by atoms with Crippen LogP contribution < -0.4 is 4.74 Å². The van der Waals surface area contributed by atoms with E-state index in [4.69, 9.17) is 4.74 Å². The number of rotatable bonds is 3. The highest BCUT2D eigenvalue weighted by molar-refractivity contribution is 6.06. The zero-order valence-electron chi connectivity index (χ0n) is 12.5. The number of aromatic nitrogens is 2. The summed E-state index contributed by atoms with van der Waals surface area (Å²) in [6, 6.07) is 6.02. The van der Waals surface area contributed by atoms with Crippen molar-refractivity contribution >= 4 is 11.9 Å². The van der Waals surface area contributed by atoms with Crippen molar-refractivity contribution in [2.45, 2.75) is 25.9 Å². The molecule has 1 aromatic heterocycles. The van der Waals surface area contributed by atoms with Gasteiger partial charge in [0.1, 0.15) is 11.4 Å². The van der Waals surface area contributed by atoms with Crippen molar-refractivity contribution in [2.75, 3.05) is 0 Å². The molecular weight excluding hydrogens is 264 g/mol. The molecule has 0 aliphatic carbocycles. The van der Waals surface area contributed by atoms with Crippen LogP contribution in [0.1, 0.15) is 35.3 Å². The van der Waals surface area contributed by atoms with Crippen molar-refractivity contribution in [3.8, 4) is 5.75 Å². The second kappa shape index (κ2) is 4.88. The van der Waals surface area contributed by atoms with Crippen LogP contribution in [-0.4, -0.2) is 21.2 Å². The van der Waals surface area contributed by atoms with Gasteiger partial charge in [-0.3, -0.25) is 9.48 Å². The van der Waals surface area contributed by atoms with Crippen molar-refractivity contribution < 1.29 is 9.53 Å². The van der Waals surface area contributed by atoms with Crippen LogP contribution in [0.3, 0.4) is 0 Å². The van der Waals surface area contributed by atoms with Crippen molar-refractivity contribution in [1.82, 2.24) is 9.78 Å². The minimum Gasteiger partial charge on any atom is -0.487 e. The third-order valence-electron chi connectivity index (χ3n) is 3.50. The average molecular weight is 282 g/mol. The Kier molecular flexibility index (Phi) is 3.16. The summed E-state index contributed by atoms with van der Waals surface area (Å²) in [5.74, 6) is 0.899. The standard InChI is InChI=1S/C17H18N2O2/c1-17(2)9-13-8-12(5-7-16(13)21-17)4-6-15(20)14-10-18-19(3)11-14/h4-8,10-11H,9H2,1-3H3. The molecule has 0 unspecified atom stereocenters. The Bertz CT molecular complexity index is 726. The number of nitrogens with zero attached hydrogens (tertiary/aromatic N) is 2. The topological polar surface area (TPSA) is 44.1 Å². The fourth-order valence-corrected chi connectivity index (χ4v) is 2.55. The van der Waals surface area contributed by atoms with E-state index in [1.54, 1.807) is 30.2 Å². The maximum absolute atomic E-state index is 12.0. The molecule has 0 saturated heterocycles. The first-order valence-electron chi connectivity index (χ1n) is 6.96. The Hall–Kier alpha value is -2.36. The van der Waals surface area contributed by atoms with Gasteiger partial charge in [0.15, 0.2) is 5.78 Å². The highest BCUT2D eigenvalue weighted by atomic mass is 16.5. The number of carbonyl (C=O) groups excluding carboxylic acids is 1. The van der Waals surface area contributed by atoms with Gasteiger partial charge in [0.05, 0.1) is 11.8 Å². The van der Waals surface area contributed by atoms with Crippen LogP contribution in [0.5, 0.6) is 5.75 Å². The quantitative estimate of drug-likeness (QED) is 0.642. The number of ketones is 1. The molecule has 4 heteroatoms. The molecule has 0 saturated carbocycles. The van der Waals surface area contributed by atoms with Gasteiger partial charge < -0.3 is 4.74 Å². The predicted octanol–water partition coefficient (Wildman–Crippen LogP) is 3.03. The third kappa shape index (κ3) is 2.89. The van der Waals surface area contributed by atoms with E-state index in [0.29, 0.717) is 5.56 Å². The highest BCUT2D eigenvalue weighted by Gasteiger charge is 2.29. The van der Waals surface area contributed by atoms with Crippen LogP contribution in [0.2, 0.25) is 0 Å². The van der Waals surface area contributed by atoms with Gasteiger partial charge in [0, 0.05) is 19.7 Å². The van der Waals surface area contributed by atoms with E-state index in [1.165, 1.54) is 5.56 Å². The lowest BCUT2D eigenvalue weighted by atomic mass is 10.00. The highest BCUT2D eigenvalue weighted by Crippen LogP contribution is 2.35. The molecule has 1 aliphatic heterocycles. The number of benzene rings is 1. The molecule has 1 aliphatic rings. The minimum atomic E-state index is -0.143. The fourth-order valence-electron chi connectivity index (χ4n) is 2.55. The third-order valence-corrected chi connectivity index (χ3v) is 3.50. The molecule has 0 radical (unpaired) electrons. The molecule has 0 atom stereocenters. The number of hydrogen-bond acceptors (Lipinski definition) is 3. The Balaban J connectivity index is 1.77. The Labute approximate surface area is 124 Å². The number of carbonyl (C=O) groups is 1. The number of hydrogen-bond donors (Lipinski definition) is 0. The summed E-state index contributed by atoms with van der Waals surface area (Å²) in [5, 5.41) is 4.00. The normalized spacial score (nSPS) is 16.0. The molecule has 0 spiro atoms. The zero-order valence-corrected chi connectivity index (χ0v) is 12.5. The predicted molar refractivity (Wildman–Crippen MR) is 81.4 cm³/mol. The summed E-state index contributed by atoms with van der Waals surface area (Å²) < 4.78 is 7.47. The van der Waals surface area contributed by atoms with E-state index in [2.05, 4.69) is 25.0 Å². The van der Waals surface area contributed by atoms with Gasteiger partial charge in [-0.1, -0.05) is 12.1 Å². The number of ether oxygens (including phenoxy) is 1.